The zero-order valence-electron chi connectivity index (χ0n) is 9.93. The molecule has 1 spiro atoms. The summed E-state index contributed by atoms with van der Waals surface area (Å²) in [6, 6.07) is 1.77. The molecule has 18 heavy (non-hydrogen) atoms. The highest BCUT2D eigenvalue weighted by Gasteiger charge is 2.47. The normalized spacial score (nSPS) is 27.7. The fourth-order valence-electron chi connectivity index (χ4n) is 2.68. The third-order valence-corrected chi connectivity index (χ3v) is 3.75. The van der Waals surface area contributed by atoms with Crippen molar-refractivity contribution < 1.29 is 9.59 Å². The van der Waals surface area contributed by atoms with Gasteiger partial charge in [-0.05, 0) is 18.9 Å². The molecule has 0 aromatic carbocycles. The van der Waals surface area contributed by atoms with Crippen LogP contribution in [0.1, 0.15) is 19.3 Å². The minimum absolute atomic E-state index is 0.141. The van der Waals surface area contributed by atoms with E-state index < -0.39 is 5.41 Å². The number of piperidine rings is 1. The van der Waals surface area contributed by atoms with Crippen LogP contribution in [0, 0.1) is 5.41 Å². The summed E-state index contributed by atoms with van der Waals surface area (Å²) in [5.74, 6) is 0.344. The number of aromatic nitrogens is 2. The standard InChI is InChI=1S/C12H14N4O2/c17-9-2-3-12(10(18)15-9)4-7-16(8-12)11-13-5-1-6-14-11/h1,5-6H,2-4,7-8H2,(H,15,17,18). The van der Waals surface area contributed by atoms with Crippen molar-refractivity contribution >= 4 is 17.8 Å². The third kappa shape index (κ3) is 1.73. The molecule has 1 aromatic rings. The Morgan fingerprint density at radius 1 is 1.22 bits per heavy atom. The number of hydrogen-bond acceptors (Lipinski definition) is 5. The van der Waals surface area contributed by atoms with Crippen LogP contribution in [0.25, 0.3) is 0 Å². The first kappa shape index (κ1) is 11.1. The van der Waals surface area contributed by atoms with Crippen molar-refractivity contribution in [3.63, 3.8) is 0 Å². The van der Waals surface area contributed by atoms with Gasteiger partial charge in [-0.15, -0.1) is 0 Å². The van der Waals surface area contributed by atoms with Crippen molar-refractivity contribution in [2.45, 2.75) is 19.3 Å². The number of amides is 2. The maximum Gasteiger partial charge on any atom is 0.234 e. The molecule has 3 heterocycles. The molecule has 0 saturated carbocycles. The average Bonchev–Trinajstić information content (AvgIpc) is 2.82. The number of anilines is 1. The first-order valence-electron chi connectivity index (χ1n) is 6.06. The van der Waals surface area contributed by atoms with E-state index >= 15 is 0 Å². The fourth-order valence-corrected chi connectivity index (χ4v) is 2.68. The predicted molar refractivity (Wildman–Crippen MR) is 63.7 cm³/mol. The van der Waals surface area contributed by atoms with Gasteiger partial charge in [-0.2, -0.15) is 0 Å². The lowest BCUT2D eigenvalue weighted by Crippen LogP contribution is -2.50. The Balaban J connectivity index is 1.79. The molecule has 0 aliphatic carbocycles. The van der Waals surface area contributed by atoms with E-state index in [4.69, 9.17) is 0 Å². The van der Waals surface area contributed by atoms with Crippen LogP contribution in [-0.4, -0.2) is 34.9 Å². The first-order chi connectivity index (χ1) is 8.70. The first-order valence-corrected chi connectivity index (χ1v) is 6.06. The summed E-state index contributed by atoms with van der Waals surface area (Å²) in [6.45, 7) is 1.35. The summed E-state index contributed by atoms with van der Waals surface area (Å²) in [4.78, 5) is 33.6. The molecule has 1 atom stereocenters. The number of nitrogens with zero attached hydrogens (tertiary/aromatic N) is 3. The lowest BCUT2D eigenvalue weighted by Gasteiger charge is -2.31. The van der Waals surface area contributed by atoms with E-state index in [0.29, 0.717) is 25.3 Å². The summed E-state index contributed by atoms with van der Waals surface area (Å²) in [7, 11) is 0. The lowest BCUT2D eigenvalue weighted by atomic mass is 9.79. The second-order valence-electron chi connectivity index (χ2n) is 4.88. The second kappa shape index (κ2) is 4.04. The van der Waals surface area contributed by atoms with Crippen LogP contribution in [0.3, 0.4) is 0 Å². The molecule has 0 bridgehead atoms. The summed E-state index contributed by atoms with van der Waals surface area (Å²) in [6.07, 6.45) is 5.19. The molecule has 2 aliphatic heterocycles. The summed E-state index contributed by atoms with van der Waals surface area (Å²) >= 11 is 0. The number of hydrogen-bond donors (Lipinski definition) is 1. The number of carbonyl (C=O) groups excluding carboxylic acids is 2. The Hall–Kier alpha value is -1.98. The zero-order valence-corrected chi connectivity index (χ0v) is 9.93. The SMILES string of the molecule is O=C1CCC2(CCN(c3ncccn3)C2)C(=O)N1. The Bertz CT molecular complexity index is 490. The van der Waals surface area contributed by atoms with Gasteiger partial charge in [-0.1, -0.05) is 0 Å². The minimum Gasteiger partial charge on any atom is -0.340 e. The van der Waals surface area contributed by atoms with Crippen molar-refractivity contribution in [2.75, 3.05) is 18.0 Å². The van der Waals surface area contributed by atoms with Gasteiger partial charge in [0.05, 0.1) is 5.41 Å². The Morgan fingerprint density at radius 2 is 2.00 bits per heavy atom. The van der Waals surface area contributed by atoms with E-state index in [1.54, 1.807) is 18.5 Å². The summed E-state index contributed by atoms with van der Waals surface area (Å²) in [5, 5.41) is 2.44. The number of carbonyl (C=O) groups is 2. The van der Waals surface area contributed by atoms with Gasteiger partial charge < -0.3 is 4.90 Å². The van der Waals surface area contributed by atoms with Crippen LogP contribution < -0.4 is 10.2 Å². The molecule has 6 nitrogen and oxygen atoms in total. The maximum absolute atomic E-state index is 12.0. The highest BCUT2D eigenvalue weighted by molar-refractivity contribution is 6.01. The Morgan fingerprint density at radius 3 is 2.72 bits per heavy atom. The van der Waals surface area contributed by atoms with Gasteiger partial charge in [0.15, 0.2) is 0 Å². The molecule has 2 saturated heterocycles. The number of imide groups is 1. The topological polar surface area (TPSA) is 75.2 Å². The predicted octanol–water partition coefficient (Wildman–Crippen LogP) is 0.110. The van der Waals surface area contributed by atoms with Crippen molar-refractivity contribution in [2.24, 2.45) is 5.41 Å². The van der Waals surface area contributed by atoms with Crippen molar-refractivity contribution in [1.82, 2.24) is 15.3 Å². The second-order valence-corrected chi connectivity index (χ2v) is 4.88. The van der Waals surface area contributed by atoms with Gasteiger partial charge in [0.25, 0.3) is 0 Å². The highest BCUT2D eigenvalue weighted by Crippen LogP contribution is 2.38. The molecule has 0 radical (unpaired) electrons. The molecule has 2 fully saturated rings. The monoisotopic (exact) mass is 246 g/mol. The fraction of sp³-hybridized carbons (Fsp3) is 0.500. The molecular formula is C12H14N4O2. The van der Waals surface area contributed by atoms with E-state index in [2.05, 4.69) is 15.3 Å². The molecular weight excluding hydrogens is 232 g/mol. The molecule has 94 valence electrons. The maximum atomic E-state index is 12.0. The van der Waals surface area contributed by atoms with Crippen molar-refractivity contribution in [3.05, 3.63) is 18.5 Å². The highest BCUT2D eigenvalue weighted by atomic mass is 16.2. The van der Waals surface area contributed by atoms with Gasteiger partial charge in [0.2, 0.25) is 17.8 Å². The van der Waals surface area contributed by atoms with Gasteiger partial charge >= 0.3 is 0 Å². The van der Waals surface area contributed by atoms with Crippen LogP contribution in [0.5, 0.6) is 0 Å². The summed E-state index contributed by atoms with van der Waals surface area (Å²) in [5.41, 5.74) is -0.437. The van der Waals surface area contributed by atoms with E-state index in [1.165, 1.54) is 0 Å². The van der Waals surface area contributed by atoms with E-state index in [9.17, 15) is 9.59 Å². The van der Waals surface area contributed by atoms with E-state index in [0.717, 1.165) is 13.0 Å². The minimum atomic E-state index is -0.437. The third-order valence-electron chi connectivity index (χ3n) is 3.75. The zero-order chi connectivity index (χ0) is 12.6. The van der Waals surface area contributed by atoms with Crippen LogP contribution in [-0.2, 0) is 9.59 Å². The van der Waals surface area contributed by atoms with Gasteiger partial charge in [-0.25, -0.2) is 9.97 Å². The van der Waals surface area contributed by atoms with Gasteiger partial charge in [0.1, 0.15) is 0 Å². The molecule has 2 aliphatic rings. The molecule has 1 N–H and O–H groups in total. The smallest absolute Gasteiger partial charge is 0.234 e. The number of nitrogens with one attached hydrogen (secondary N) is 1. The van der Waals surface area contributed by atoms with Crippen LogP contribution >= 0.6 is 0 Å². The Labute approximate surface area is 104 Å². The van der Waals surface area contributed by atoms with Crippen molar-refractivity contribution in [3.8, 4) is 0 Å². The van der Waals surface area contributed by atoms with Gasteiger partial charge in [0, 0.05) is 31.9 Å². The molecule has 3 rings (SSSR count). The van der Waals surface area contributed by atoms with Crippen LogP contribution in [0.2, 0.25) is 0 Å². The Kier molecular flexibility index (Phi) is 2.50. The lowest BCUT2D eigenvalue weighted by molar-refractivity contribution is -0.140. The quantitative estimate of drug-likeness (QED) is 0.712. The molecule has 1 aromatic heterocycles. The van der Waals surface area contributed by atoms with E-state index in [1.807, 2.05) is 4.90 Å². The van der Waals surface area contributed by atoms with Crippen molar-refractivity contribution in [1.29, 1.82) is 0 Å². The van der Waals surface area contributed by atoms with Gasteiger partial charge in [-0.3, -0.25) is 14.9 Å². The summed E-state index contributed by atoms with van der Waals surface area (Å²) < 4.78 is 0. The molecule has 2 amide bonds. The molecule has 1 unspecified atom stereocenters. The average molecular weight is 246 g/mol. The molecule has 6 heteroatoms. The van der Waals surface area contributed by atoms with Crippen LogP contribution in [0.4, 0.5) is 5.95 Å². The van der Waals surface area contributed by atoms with E-state index in [-0.39, 0.29) is 11.8 Å². The largest absolute Gasteiger partial charge is 0.340 e. The van der Waals surface area contributed by atoms with Crippen LogP contribution in [0.15, 0.2) is 18.5 Å². The number of rotatable bonds is 1.